The Kier molecular flexibility index (Phi) is 6.37. The minimum absolute atomic E-state index is 0.0610. The number of rotatable bonds is 6. The second kappa shape index (κ2) is 9.53. The Morgan fingerprint density at radius 2 is 1.75 bits per heavy atom. The molecule has 1 aromatic heterocycles. The molecule has 3 aromatic carbocycles. The van der Waals surface area contributed by atoms with E-state index in [9.17, 15) is 14.0 Å². The maximum Gasteiger partial charge on any atom is 0.257 e. The summed E-state index contributed by atoms with van der Waals surface area (Å²) in [7, 11) is 0. The number of amides is 2. The first kappa shape index (κ1) is 21.4. The van der Waals surface area contributed by atoms with E-state index in [1.807, 2.05) is 31.2 Å². The molecule has 0 aliphatic carbocycles. The van der Waals surface area contributed by atoms with E-state index in [4.69, 9.17) is 0 Å². The molecule has 0 saturated carbocycles. The summed E-state index contributed by atoms with van der Waals surface area (Å²) in [5, 5.41) is 8.18. The van der Waals surface area contributed by atoms with Gasteiger partial charge in [-0.3, -0.25) is 9.59 Å². The number of hydrogen-bond acceptors (Lipinski definition) is 4. The average molecular weight is 446 g/mol. The number of carbonyl (C=O) groups is 2. The molecule has 2 amide bonds. The molecule has 0 aliphatic heterocycles. The SMILES string of the molecule is Cc1cccc(NC(=O)c2ccccc2NC(=O)Cc2csc(-c3ccc(F)cc3)n2)c1. The average Bonchev–Trinajstić information content (AvgIpc) is 3.23. The van der Waals surface area contributed by atoms with Crippen LogP contribution in [-0.4, -0.2) is 16.8 Å². The molecule has 4 aromatic rings. The normalized spacial score (nSPS) is 10.6. The van der Waals surface area contributed by atoms with Gasteiger partial charge in [-0.25, -0.2) is 9.37 Å². The predicted octanol–water partition coefficient (Wildman–Crippen LogP) is 5.69. The zero-order valence-electron chi connectivity index (χ0n) is 17.3. The Bertz CT molecular complexity index is 1270. The van der Waals surface area contributed by atoms with E-state index in [1.54, 1.807) is 41.8 Å². The molecule has 0 unspecified atom stereocenters. The third-order valence-corrected chi connectivity index (χ3v) is 5.65. The monoisotopic (exact) mass is 445 g/mol. The number of thiazole rings is 1. The molecule has 0 aliphatic rings. The van der Waals surface area contributed by atoms with Gasteiger partial charge < -0.3 is 10.6 Å². The van der Waals surface area contributed by atoms with Crippen LogP contribution in [0.25, 0.3) is 10.6 Å². The van der Waals surface area contributed by atoms with Crippen LogP contribution in [0.2, 0.25) is 0 Å². The van der Waals surface area contributed by atoms with Crippen LogP contribution in [0, 0.1) is 12.7 Å². The van der Waals surface area contributed by atoms with Gasteiger partial charge in [0.25, 0.3) is 5.91 Å². The van der Waals surface area contributed by atoms with Crippen molar-refractivity contribution >= 4 is 34.5 Å². The number of anilines is 2. The first-order chi connectivity index (χ1) is 15.5. The van der Waals surface area contributed by atoms with Crippen molar-refractivity contribution in [2.24, 2.45) is 0 Å². The third kappa shape index (κ3) is 5.25. The molecule has 0 spiro atoms. The highest BCUT2D eigenvalue weighted by atomic mass is 32.1. The topological polar surface area (TPSA) is 71.1 Å². The molecule has 4 rings (SSSR count). The van der Waals surface area contributed by atoms with Crippen molar-refractivity contribution in [2.45, 2.75) is 13.3 Å². The largest absolute Gasteiger partial charge is 0.325 e. The summed E-state index contributed by atoms with van der Waals surface area (Å²) in [6.45, 7) is 1.95. The highest BCUT2D eigenvalue weighted by Gasteiger charge is 2.15. The van der Waals surface area contributed by atoms with Gasteiger partial charge in [-0.1, -0.05) is 24.3 Å². The fourth-order valence-corrected chi connectivity index (χ4v) is 4.01. The predicted molar refractivity (Wildman–Crippen MR) is 125 cm³/mol. The van der Waals surface area contributed by atoms with E-state index < -0.39 is 0 Å². The van der Waals surface area contributed by atoms with Crippen molar-refractivity contribution in [2.75, 3.05) is 10.6 Å². The number of nitrogens with zero attached hydrogens (tertiary/aromatic N) is 1. The van der Waals surface area contributed by atoms with Gasteiger partial charge in [-0.2, -0.15) is 0 Å². The number of carbonyl (C=O) groups excluding carboxylic acids is 2. The van der Waals surface area contributed by atoms with Gasteiger partial charge in [-0.15, -0.1) is 11.3 Å². The molecular weight excluding hydrogens is 425 g/mol. The van der Waals surface area contributed by atoms with Gasteiger partial charge in [0, 0.05) is 16.6 Å². The molecule has 7 heteroatoms. The third-order valence-electron chi connectivity index (χ3n) is 4.71. The summed E-state index contributed by atoms with van der Waals surface area (Å²) in [5.74, 6) is -0.898. The summed E-state index contributed by atoms with van der Waals surface area (Å²) in [6, 6.07) is 20.4. The van der Waals surface area contributed by atoms with Crippen LogP contribution >= 0.6 is 11.3 Å². The fraction of sp³-hybridized carbons (Fsp3) is 0.0800. The molecule has 0 saturated heterocycles. The molecule has 0 fully saturated rings. The number of nitrogens with one attached hydrogen (secondary N) is 2. The molecule has 160 valence electrons. The van der Waals surface area contributed by atoms with Crippen LogP contribution in [0.3, 0.4) is 0 Å². The van der Waals surface area contributed by atoms with Crippen LogP contribution < -0.4 is 10.6 Å². The molecule has 2 N–H and O–H groups in total. The standard InChI is InChI=1S/C25H20FN3O2S/c1-16-5-4-6-19(13-16)27-24(31)21-7-2-3-8-22(21)29-23(30)14-20-15-32-25(28-20)17-9-11-18(26)12-10-17/h2-13,15H,14H2,1H3,(H,27,31)(H,29,30). The number of benzene rings is 3. The van der Waals surface area contributed by atoms with Gasteiger partial charge in [-0.05, 0) is 61.0 Å². The summed E-state index contributed by atoms with van der Waals surface area (Å²) in [5.41, 5.74) is 3.92. The van der Waals surface area contributed by atoms with Crippen molar-refractivity contribution in [3.05, 3.63) is 101 Å². The van der Waals surface area contributed by atoms with Crippen molar-refractivity contribution in [3.8, 4) is 10.6 Å². The molecule has 5 nitrogen and oxygen atoms in total. The van der Waals surface area contributed by atoms with E-state index in [0.717, 1.165) is 11.1 Å². The number of aryl methyl sites for hydroxylation is 1. The quantitative estimate of drug-likeness (QED) is 0.400. The van der Waals surface area contributed by atoms with Crippen molar-refractivity contribution in [1.29, 1.82) is 0 Å². The van der Waals surface area contributed by atoms with Gasteiger partial charge in [0.05, 0.1) is 23.4 Å². The van der Waals surface area contributed by atoms with Crippen molar-refractivity contribution in [1.82, 2.24) is 4.98 Å². The molecule has 32 heavy (non-hydrogen) atoms. The van der Waals surface area contributed by atoms with Crippen LogP contribution in [0.5, 0.6) is 0 Å². The lowest BCUT2D eigenvalue weighted by atomic mass is 10.1. The highest BCUT2D eigenvalue weighted by molar-refractivity contribution is 7.13. The Morgan fingerprint density at radius 3 is 2.53 bits per heavy atom. The fourth-order valence-electron chi connectivity index (χ4n) is 3.18. The lowest BCUT2D eigenvalue weighted by Gasteiger charge is -2.11. The maximum atomic E-state index is 13.1. The molecule has 0 radical (unpaired) electrons. The second-order valence-electron chi connectivity index (χ2n) is 7.25. The minimum Gasteiger partial charge on any atom is -0.325 e. The minimum atomic E-state index is -0.310. The van der Waals surface area contributed by atoms with Gasteiger partial charge in [0.2, 0.25) is 5.91 Å². The van der Waals surface area contributed by atoms with E-state index in [0.29, 0.717) is 27.6 Å². The number of hydrogen-bond donors (Lipinski definition) is 2. The zero-order valence-corrected chi connectivity index (χ0v) is 18.1. The van der Waals surface area contributed by atoms with E-state index >= 15 is 0 Å². The van der Waals surface area contributed by atoms with Crippen molar-refractivity contribution < 1.29 is 14.0 Å². The zero-order chi connectivity index (χ0) is 22.5. The molecule has 0 bridgehead atoms. The van der Waals surface area contributed by atoms with Crippen LogP contribution in [0.15, 0.2) is 78.2 Å². The maximum absolute atomic E-state index is 13.1. The van der Waals surface area contributed by atoms with E-state index in [2.05, 4.69) is 15.6 Å². The van der Waals surface area contributed by atoms with Gasteiger partial charge in [0.1, 0.15) is 10.8 Å². The summed E-state index contributed by atoms with van der Waals surface area (Å²) in [6.07, 6.45) is 0.0610. The molecular formula is C25H20FN3O2S. The van der Waals surface area contributed by atoms with Crippen LogP contribution in [-0.2, 0) is 11.2 Å². The van der Waals surface area contributed by atoms with Crippen molar-refractivity contribution in [3.63, 3.8) is 0 Å². The van der Waals surface area contributed by atoms with Crippen LogP contribution in [0.4, 0.5) is 15.8 Å². The van der Waals surface area contributed by atoms with Gasteiger partial charge >= 0.3 is 0 Å². The summed E-state index contributed by atoms with van der Waals surface area (Å²) in [4.78, 5) is 29.9. The number of halogens is 1. The Morgan fingerprint density at radius 1 is 0.969 bits per heavy atom. The first-order valence-electron chi connectivity index (χ1n) is 9.95. The Labute approximate surface area is 189 Å². The second-order valence-corrected chi connectivity index (χ2v) is 8.10. The Balaban J connectivity index is 1.44. The lowest BCUT2D eigenvalue weighted by Crippen LogP contribution is -2.19. The lowest BCUT2D eigenvalue weighted by molar-refractivity contribution is -0.115. The smallest absolute Gasteiger partial charge is 0.257 e. The number of para-hydroxylation sites is 1. The highest BCUT2D eigenvalue weighted by Crippen LogP contribution is 2.24. The van der Waals surface area contributed by atoms with E-state index in [1.165, 1.54) is 23.5 Å². The molecule has 0 atom stereocenters. The Hall–Kier alpha value is -3.84. The summed E-state index contributed by atoms with van der Waals surface area (Å²) >= 11 is 1.39. The van der Waals surface area contributed by atoms with Crippen LogP contribution in [0.1, 0.15) is 21.6 Å². The number of aromatic nitrogens is 1. The first-order valence-corrected chi connectivity index (χ1v) is 10.8. The summed E-state index contributed by atoms with van der Waals surface area (Å²) < 4.78 is 13.1. The molecule has 1 heterocycles. The van der Waals surface area contributed by atoms with E-state index in [-0.39, 0.29) is 24.1 Å². The van der Waals surface area contributed by atoms with Gasteiger partial charge in [0.15, 0.2) is 0 Å².